The van der Waals surface area contributed by atoms with Gasteiger partial charge in [-0.15, -0.1) is 0 Å². The summed E-state index contributed by atoms with van der Waals surface area (Å²) in [4.78, 5) is 16.4. The maximum atomic E-state index is 12.3. The Bertz CT molecular complexity index is 846. The second kappa shape index (κ2) is 6.83. The van der Waals surface area contributed by atoms with Crippen molar-refractivity contribution >= 4 is 17.3 Å². The predicted octanol–water partition coefficient (Wildman–Crippen LogP) is 3.59. The first-order valence-corrected chi connectivity index (χ1v) is 7.42. The van der Waals surface area contributed by atoms with Crippen molar-refractivity contribution in [3.63, 3.8) is 0 Å². The van der Waals surface area contributed by atoms with E-state index in [1.54, 1.807) is 37.7 Å². The van der Waals surface area contributed by atoms with Gasteiger partial charge in [0.1, 0.15) is 5.75 Å². The molecule has 0 radical (unpaired) electrons. The summed E-state index contributed by atoms with van der Waals surface area (Å²) in [6.07, 6.45) is 3.49. The van der Waals surface area contributed by atoms with Gasteiger partial charge in [-0.2, -0.15) is 0 Å². The number of nitrogens with zero attached hydrogens (tertiary/aromatic N) is 1. The van der Waals surface area contributed by atoms with E-state index in [1.165, 1.54) is 0 Å². The van der Waals surface area contributed by atoms with Gasteiger partial charge in [0.05, 0.1) is 12.7 Å². The van der Waals surface area contributed by atoms with Gasteiger partial charge in [0, 0.05) is 29.8 Å². The molecule has 1 amide bonds. The third kappa shape index (κ3) is 3.35. The molecule has 0 saturated carbocycles. The van der Waals surface area contributed by atoms with Crippen molar-refractivity contribution in [3.8, 4) is 16.9 Å². The Balaban J connectivity index is 1.75. The number of anilines is 2. The fourth-order valence-electron chi connectivity index (χ4n) is 2.36. The third-order valence-corrected chi connectivity index (χ3v) is 3.66. The van der Waals surface area contributed by atoms with Gasteiger partial charge in [-0.05, 0) is 47.5 Å². The van der Waals surface area contributed by atoms with Crippen LogP contribution in [-0.2, 0) is 0 Å². The monoisotopic (exact) mass is 319 g/mol. The second-order valence-electron chi connectivity index (χ2n) is 5.22. The topological polar surface area (TPSA) is 77.2 Å². The van der Waals surface area contributed by atoms with Crippen molar-refractivity contribution in [3.05, 3.63) is 72.6 Å². The van der Waals surface area contributed by atoms with Crippen LogP contribution in [0.1, 0.15) is 10.4 Å². The lowest BCUT2D eigenvalue weighted by molar-refractivity contribution is 0.102. The van der Waals surface area contributed by atoms with E-state index in [-0.39, 0.29) is 5.91 Å². The number of amides is 1. The number of rotatable bonds is 4. The Morgan fingerprint density at radius 3 is 2.29 bits per heavy atom. The van der Waals surface area contributed by atoms with E-state index in [9.17, 15) is 4.79 Å². The number of nitrogens with one attached hydrogen (secondary N) is 1. The van der Waals surface area contributed by atoms with Gasteiger partial charge in [0.25, 0.3) is 5.91 Å². The molecule has 1 aromatic heterocycles. The normalized spacial score (nSPS) is 10.2. The molecule has 2 aromatic carbocycles. The van der Waals surface area contributed by atoms with E-state index in [4.69, 9.17) is 10.5 Å². The minimum atomic E-state index is -0.258. The smallest absolute Gasteiger partial charge is 0.257 e. The Hall–Kier alpha value is -3.34. The molecule has 3 aromatic rings. The van der Waals surface area contributed by atoms with Crippen molar-refractivity contribution in [2.75, 3.05) is 18.2 Å². The van der Waals surface area contributed by atoms with Gasteiger partial charge in [-0.1, -0.05) is 12.1 Å². The summed E-state index contributed by atoms with van der Waals surface area (Å²) in [7, 11) is 1.55. The van der Waals surface area contributed by atoms with E-state index in [0.717, 1.165) is 11.1 Å². The average molecular weight is 319 g/mol. The van der Waals surface area contributed by atoms with Crippen LogP contribution in [0.3, 0.4) is 0 Å². The molecule has 0 unspecified atom stereocenters. The van der Waals surface area contributed by atoms with Crippen molar-refractivity contribution in [1.29, 1.82) is 0 Å². The number of carbonyl (C=O) groups excluding carboxylic acids is 1. The molecule has 3 N–H and O–H groups in total. The summed E-state index contributed by atoms with van der Waals surface area (Å²) in [5.74, 6) is 0.359. The molecule has 0 aliphatic heterocycles. The quantitative estimate of drug-likeness (QED) is 0.720. The molecular weight excluding hydrogens is 302 g/mol. The molecule has 1 heterocycles. The molecular formula is C19H17N3O2. The van der Waals surface area contributed by atoms with Gasteiger partial charge in [-0.3, -0.25) is 9.78 Å². The summed E-state index contributed by atoms with van der Waals surface area (Å²) in [5, 5.41) is 2.84. The molecule has 5 nitrogen and oxygen atoms in total. The lowest BCUT2D eigenvalue weighted by Crippen LogP contribution is -2.14. The van der Waals surface area contributed by atoms with Gasteiger partial charge in [0.15, 0.2) is 0 Å². The zero-order chi connectivity index (χ0) is 16.9. The number of methoxy groups -OCH3 is 1. The predicted molar refractivity (Wildman–Crippen MR) is 95.0 cm³/mol. The van der Waals surface area contributed by atoms with Crippen LogP contribution < -0.4 is 15.8 Å². The van der Waals surface area contributed by atoms with Crippen LogP contribution in [0, 0.1) is 0 Å². The van der Waals surface area contributed by atoms with Crippen molar-refractivity contribution in [2.24, 2.45) is 0 Å². The summed E-state index contributed by atoms with van der Waals surface area (Å²) >= 11 is 0. The van der Waals surface area contributed by atoms with E-state index in [2.05, 4.69) is 10.3 Å². The van der Waals surface area contributed by atoms with Crippen LogP contribution in [0.15, 0.2) is 67.0 Å². The maximum Gasteiger partial charge on any atom is 0.257 e. The summed E-state index contributed by atoms with van der Waals surface area (Å²) in [6.45, 7) is 0. The van der Waals surface area contributed by atoms with Crippen LogP contribution in [0.25, 0.3) is 11.1 Å². The Morgan fingerprint density at radius 1 is 1.00 bits per heavy atom. The minimum Gasteiger partial charge on any atom is -0.497 e. The Morgan fingerprint density at radius 2 is 1.67 bits per heavy atom. The second-order valence-corrected chi connectivity index (χ2v) is 5.22. The molecule has 0 aliphatic rings. The number of carbonyl (C=O) groups is 1. The molecule has 0 spiro atoms. The first kappa shape index (κ1) is 15.6. The van der Waals surface area contributed by atoms with E-state index in [0.29, 0.717) is 22.7 Å². The highest BCUT2D eigenvalue weighted by atomic mass is 16.5. The highest BCUT2D eigenvalue weighted by Crippen LogP contribution is 2.23. The van der Waals surface area contributed by atoms with Gasteiger partial charge in [0.2, 0.25) is 0 Å². The molecule has 0 atom stereocenters. The number of ether oxygens (including phenoxy) is 1. The fraction of sp³-hybridized carbons (Fsp3) is 0.0526. The minimum absolute atomic E-state index is 0.258. The molecule has 120 valence electrons. The first-order valence-electron chi connectivity index (χ1n) is 7.42. The number of nitrogen functional groups attached to an aromatic ring is 1. The zero-order valence-corrected chi connectivity index (χ0v) is 13.2. The molecule has 0 bridgehead atoms. The molecule has 0 saturated heterocycles. The molecule has 0 fully saturated rings. The number of nitrogens with two attached hydrogens (primary N) is 1. The van der Waals surface area contributed by atoms with Crippen molar-refractivity contribution in [1.82, 2.24) is 4.98 Å². The summed E-state index contributed by atoms with van der Waals surface area (Å²) in [5.41, 5.74) is 9.52. The first-order chi connectivity index (χ1) is 11.7. The molecule has 3 rings (SSSR count). The highest BCUT2D eigenvalue weighted by molar-refractivity contribution is 6.07. The maximum absolute atomic E-state index is 12.3. The largest absolute Gasteiger partial charge is 0.497 e. The fourth-order valence-corrected chi connectivity index (χ4v) is 2.36. The lowest BCUT2D eigenvalue weighted by Gasteiger charge is -2.09. The van der Waals surface area contributed by atoms with Crippen LogP contribution in [0.4, 0.5) is 11.4 Å². The van der Waals surface area contributed by atoms with E-state index < -0.39 is 0 Å². The molecule has 5 heteroatoms. The van der Waals surface area contributed by atoms with Crippen LogP contribution in [-0.4, -0.2) is 18.0 Å². The number of hydrogen-bond acceptors (Lipinski definition) is 4. The summed E-state index contributed by atoms with van der Waals surface area (Å²) in [6, 6.07) is 16.5. The Labute approximate surface area is 140 Å². The highest BCUT2D eigenvalue weighted by Gasteiger charge is 2.11. The number of hydrogen-bond donors (Lipinski definition) is 2. The van der Waals surface area contributed by atoms with Crippen molar-refractivity contribution < 1.29 is 9.53 Å². The average Bonchev–Trinajstić information content (AvgIpc) is 2.63. The van der Waals surface area contributed by atoms with Gasteiger partial charge < -0.3 is 15.8 Å². The zero-order valence-electron chi connectivity index (χ0n) is 13.2. The van der Waals surface area contributed by atoms with E-state index >= 15 is 0 Å². The SMILES string of the molecule is COc1ccc(C(=O)Nc2ccc(-c3ccncc3)cc2)c(N)c1. The number of aromatic nitrogens is 1. The Kier molecular flexibility index (Phi) is 4.43. The van der Waals surface area contributed by atoms with Crippen LogP contribution in [0.5, 0.6) is 5.75 Å². The van der Waals surface area contributed by atoms with Gasteiger partial charge >= 0.3 is 0 Å². The van der Waals surface area contributed by atoms with Gasteiger partial charge in [-0.25, -0.2) is 0 Å². The van der Waals surface area contributed by atoms with Crippen LogP contribution in [0.2, 0.25) is 0 Å². The summed E-state index contributed by atoms with van der Waals surface area (Å²) < 4.78 is 5.09. The molecule has 0 aliphatic carbocycles. The van der Waals surface area contributed by atoms with E-state index in [1.807, 2.05) is 36.4 Å². The molecule has 24 heavy (non-hydrogen) atoms. The lowest BCUT2D eigenvalue weighted by atomic mass is 10.1. The van der Waals surface area contributed by atoms with Crippen LogP contribution >= 0.6 is 0 Å². The van der Waals surface area contributed by atoms with Crippen molar-refractivity contribution in [2.45, 2.75) is 0 Å². The standard InChI is InChI=1S/C19H17N3O2/c1-24-16-6-7-17(18(20)12-16)19(23)22-15-4-2-13(3-5-15)14-8-10-21-11-9-14/h2-12H,20H2,1H3,(H,22,23). The number of pyridine rings is 1. The number of benzene rings is 2. The third-order valence-electron chi connectivity index (χ3n) is 3.66.